The first-order valence-electron chi connectivity index (χ1n) is 10.4. The van der Waals surface area contributed by atoms with Crippen molar-refractivity contribution in [1.29, 1.82) is 0 Å². The number of halogens is 1. The second kappa shape index (κ2) is 11.3. The number of anilines is 3. The van der Waals surface area contributed by atoms with Gasteiger partial charge in [-0.2, -0.15) is 0 Å². The minimum atomic E-state index is -3.36. The van der Waals surface area contributed by atoms with Gasteiger partial charge < -0.3 is 25.6 Å². The fourth-order valence-electron chi connectivity index (χ4n) is 3.20. The fraction of sp³-hybridized carbons (Fsp3) is 0.318. The summed E-state index contributed by atoms with van der Waals surface area (Å²) in [6.07, 6.45) is 0.945. The average Bonchev–Trinajstić information content (AvgIpc) is 2.78. The number of carbonyl (C=O) groups is 3. The predicted octanol–water partition coefficient (Wildman–Crippen LogP) is 2.27. The van der Waals surface area contributed by atoms with Gasteiger partial charge in [-0.25, -0.2) is 13.2 Å². The number of benzene rings is 2. The zero-order valence-corrected chi connectivity index (χ0v) is 20.0. The van der Waals surface area contributed by atoms with Crippen LogP contribution in [0.1, 0.15) is 6.42 Å². The number of hydrogen-bond acceptors (Lipinski definition) is 6. The van der Waals surface area contributed by atoms with Crippen LogP contribution in [0.25, 0.3) is 0 Å². The molecular formula is C22H25ClN4O6S. The molecule has 0 radical (unpaired) electrons. The lowest BCUT2D eigenvalue weighted by molar-refractivity contribution is -0.125. The van der Waals surface area contributed by atoms with E-state index in [9.17, 15) is 22.8 Å². The van der Waals surface area contributed by atoms with Crippen molar-refractivity contribution in [2.24, 2.45) is 0 Å². The molecule has 0 saturated carbocycles. The highest BCUT2D eigenvalue weighted by Crippen LogP contribution is 2.20. The lowest BCUT2D eigenvalue weighted by atomic mass is 10.2. The van der Waals surface area contributed by atoms with E-state index in [1.807, 2.05) is 0 Å². The molecule has 0 unspecified atom stereocenters. The van der Waals surface area contributed by atoms with Crippen molar-refractivity contribution in [3.05, 3.63) is 53.6 Å². The van der Waals surface area contributed by atoms with Crippen LogP contribution < -0.4 is 20.9 Å². The molecule has 1 heterocycles. The molecule has 12 heteroatoms. The normalized spacial score (nSPS) is 14.9. The van der Waals surface area contributed by atoms with E-state index in [-0.39, 0.29) is 24.7 Å². The van der Waals surface area contributed by atoms with E-state index in [0.29, 0.717) is 35.2 Å². The maximum absolute atomic E-state index is 12.9. The van der Waals surface area contributed by atoms with E-state index < -0.39 is 27.8 Å². The van der Waals surface area contributed by atoms with E-state index in [2.05, 4.69) is 16.0 Å². The van der Waals surface area contributed by atoms with Crippen LogP contribution in [0.4, 0.5) is 21.9 Å². The predicted molar refractivity (Wildman–Crippen MR) is 130 cm³/mol. The zero-order valence-electron chi connectivity index (χ0n) is 18.4. The number of morpholine rings is 1. The highest BCUT2D eigenvalue weighted by molar-refractivity contribution is 7.90. The molecule has 10 nitrogen and oxygen atoms in total. The lowest BCUT2D eigenvalue weighted by Crippen LogP contribution is -2.46. The third kappa shape index (κ3) is 7.72. The molecule has 4 amide bonds. The number of nitrogens with zero attached hydrogens (tertiary/aromatic N) is 1. The van der Waals surface area contributed by atoms with Crippen LogP contribution in [0, 0.1) is 0 Å². The van der Waals surface area contributed by atoms with Gasteiger partial charge in [0.25, 0.3) is 5.91 Å². The van der Waals surface area contributed by atoms with Crippen LogP contribution >= 0.6 is 11.6 Å². The number of ether oxygens (including phenoxy) is 1. The molecule has 0 spiro atoms. The third-order valence-corrected chi connectivity index (χ3v) is 6.16. The molecule has 182 valence electrons. The van der Waals surface area contributed by atoms with Crippen molar-refractivity contribution >= 4 is 56.3 Å². The second-order valence-electron chi connectivity index (χ2n) is 7.71. The molecule has 1 fully saturated rings. The van der Waals surface area contributed by atoms with Crippen molar-refractivity contribution in [3.8, 4) is 0 Å². The molecule has 0 bridgehead atoms. The van der Waals surface area contributed by atoms with Crippen molar-refractivity contribution in [1.82, 2.24) is 5.32 Å². The van der Waals surface area contributed by atoms with Gasteiger partial charge in [-0.15, -0.1) is 0 Å². The molecule has 34 heavy (non-hydrogen) atoms. The van der Waals surface area contributed by atoms with Crippen LogP contribution in [0.5, 0.6) is 0 Å². The summed E-state index contributed by atoms with van der Waals surface area (Å²) < 4.78 is 28.4. The molecular weight excluding hydrogens is 484 g/mol. The SMILES string of the molecule is CS(=O)(=O)CC[C@@H](NC(=O)Nc1ccc(Cl)cc1)C(=O)Nc1ccc(N2CCOCC2=O)cc1. The van der Waals surface area contributed by atoms with Crippen LogP contribution in [0.15, 0.2) is 48.5 Å². The van der Waals surface area contributed by atoms with E-state index in [1.165, 1.54) is 0 Å². The molecule has 0 aliphatic carbocycles. The fourth-order valence-corrected chi connectivity index (χ4v) is 3.99. The highest BCUT2D eigenvalue weighted by atomic mass is 35.5. The Morgan fingerprint density at radius 2 is 1.68 bits per heavy atom. The zero-order chi connectivity index (χ0) is 24.7. The van der Waals surface area contributed by atoms with Gasteiger partial charge >= 0.3 is 6.03 Å². The maximum atomic E-state index is 12.9. The average molecular weight is 509 g/mol. The summed E-state index contributed by atoms with van der Waals surface area (Å²) in [5, 5.41) is 8.27. The Kier molecular flexibility index (Phi) is 8.48. The minimum absolute atomic E-state index is 0.0181. The van der Waals surface area contributed by atoms with Crippen LogP contribution in [0.2, 0.25) is 5.02 Å². The number of amides is 4. The van der Waals surface area contributed by atoms with Gasteiger partial charge in [-0.3, -0.25) is 9.59 Å². The molecule has 1 atom stereocenters. The number of hydrogen-bond donors (Lipinski definition) is 3. The molecule has 1 aliphatic heterocycles. The maximum Gasteiger partial charge on any atom is 0.319 e. The van der Waals surface area contributed by atoms with Crippen LogP contribution in [0.3, 0.4) is 0 Å². The molecule has 2 aromatic carbocycles. The van der Waals surface area contributed by atoms with Crippen molar-refractivity contribution in [3.63, 3.8) is 0 Å². The van der Waals surface area contributed by atoms with E-state index >= 15 is 0 Å². The summed E-state index contributed by atoms with van der Waals surface area (Å²) in [6.45, 7) is 0.894. The van der Waals surface area contributed by atoms with E-state index in [4.69, 9.17) is 16.3 Å². The monoisotopic (exact) mass is 508 g/mol. The van der Waals surface area contributed by atoms with Crippen molar-refractivity contribution in [2.75, 3.05) is 47.3 Å². The van der Waals surface area contributed by atoms with E-state index in [1.54, 1.807) is 53.4 Å². The van der Waals surface area contributed by atoms with Gasteiger partial charge in [0.05, 0.1) is 12.4 Å². The van der Waals surface area contributed by atoms with Gasteiger partial charge in [-0.1, -0.05) is 11.6 Å². The largest absolute Gasteiger partial charge is 0.370 e. The molecule has 1 aliphatic rings. The number of carbonyl (C=O) groups excluding carboxylic acids is 3. The molecule has 2 aromatic rings. The lowest BCUT2D eigenvalue weighted by Gasteiger charge is -2.27. The third-order valence-electron chi connectivity index (χ3n) is 4.93. The molecule has 1 saturated heterocycles. The van der Waals surface area contributed by atoms with Crippen molar-refractivity contribution < 1.29 is 27.5 Å². The van der Waals surface area contributed by atoms with Crippen molar-refractivity contribution in [2.45, 2.75) is 12.5 Å². The highest BCUT2D eigenvalue weighted by Gasteiger charge is 2.24. The standard InChI is InChI=1S/C22H25ClN4O6S/c1-34(31,32)13-10-19(26-22(30)25-17-4-2-15(23)3-5-17)21(29)24-16-6-8-18(9-7-16)27-11-12-33-14-20(27)28/h2-9,19H,10-14H2,1H3,(H,24,29)(H2,25,26,30)/t19-/m1/s1. The Balaban J connectivity index is 1.65. The number of sulfone groups is 1. The smallest absolute Gasteiger partial charge is 0.319 e. The Bertz CT molecular complexity index is 1140. The first-order chi connectivity index (χ1) is 16.1. The minimum Gasteiger partial charge on any atom is -0.370 e. The summed E-state index contributed by atoms with van der Waals surface area (Å²) in [6, 6.07) is 11.2. The second-order valence-corrected chi connectivity index (χ2v) is 10.4. The Labute approximate surface area is 202 Å². The summed E-state index contributed by atoms with van der Waals surface area (Å²) in [4.78, 5) is 38.8. The van der Waals surface area contributed by atoms with Crippen LogP contribution in [-0.2, 0) is 24.2 Å². The molecule has 0 aromatic heterocycles. The Morgan fingerprint density at radius 3 is 2.29 bits per heavy atom. The summed E-state index contributed by atoms with van der Waals surface area (Å²) in [5.74, 6) is -1.02. The van der Waals surface area contributed by atoms with Gasteiger partial charge in [0.2, 0.25) is 5.91 Å². The number of urea groups is 1. The van der Waals surface area contributed by atoms with Gasteiger partial charge in [-0.05, 0) is 55.0 Å². The summed E-state index contributed by atoms with van der Waals surface area (Å²) in [5.41, 5.74) is 1.55. The van der Waals surface area contributed by atoms with Gasteiger partial charge in [0, 0.05) is 34.9 Å². The van der Waals surface area contributed by atoms with Gasteiger partial charge in [0.15, 0.2) is 0 Å². The van der Waals surface area contributed by atoms with Crippen LogP contribution in [-0.4, -0.2) is 64.1 Å². The Hall–Kier alpha value is -3.15. The van der Waals surface area contributed by atoms with Gasteiger partial charge in [0.1, 0.15) is 22.5 Å². The summed E-state index contributed by atoms with van der Waals surface area (Å²) >= 11 is 5.83. The Morgan fingerprint density at radius 1 is 1.06 bits per heavy atom. The first kappa shape index (κ1) is 25.5. The topological polar surface area (TPSA) is 134 Å². The molecule has 3 N–H and O–H groups in total. The quantitative estimate of drug-likeness (QED) is 0.501. The first-order valence-corrected chi connectivity index (χ1v) is 12.8. The number of nitrogens with one attached hydrogen (secondary N) is 3. The number of rotatable bonds is 8. The van der Waals surface area contributed by atoms with E-state index in [0.717, 1.165) is 6.26 Å². The molecule has 3 rings (SSSR count). The summed E-state index contributed by atoms with van der Waals surface area (Å²) in [7, 11) is -3.36.